The van der Waals surface area contributed by atoms with E-state index in [1.165, 1.54) is 23.3 Å². The second-order valence-corrected chi connectivity index (χ2v) is 10.7. The maximum atomic E-state index is 13.8. The molecule has 2 N–H and O–H groups in total. The molecular weight excluding hydrogens is 514 g/mol. The lowest BCUT2D eigenvalue weighted by Gasteiger charge is -2.41. The van der Waals surface area contributed by atoms with E-state index in [0.29, 0.717) is 17.9 Å². The number of para-hydroxylation sites is 2. The summed E-state index contributed by atoms with van der Waals surface area (Å²) in [5.41, 5.74) is 1.61. The number of rotatable bonds is 8. The van der Waals surface area contributed by atoms with Gasteiger partial charge in [0, 0.05) is 31.7 Å². The number of hydrogen-bond acceptors (Lipinski definition) is 6. The minimum absolute atomic E-state index is 0.0900. The lowest BCUT2D eigenvalue weighted by Crippen LogP contribution is -2.53. The van der Waals surface area contributed by atoms with E-state index in [1.807, 2.05) is 24.3 Å². The third kappa shape index (κ3) is 5.15. The van der Waals surface area contributed by atoms with Gasteiger partial charge >= 0.3 is 0 Å². The Labute approximate surface area is 239 Å². The number of ketones is 1. The van der Waals surface area contributed by atoms with Crippen LogP contribution in [0.25, 0.3) is 0 Å². The fraction of sp³-hybridized carbons (Fsp3) is 0.235. The number of phenolic OH excluding ortho intramolecular Hbond substituents is 1. The van der Waals surface area contributed by atoms with Gasteiger partial charge in [-0.15, -0.1) is 0 Å². The summed E-state index contributed by atoms with van der Waals surface area (Å²) in [5, 5.41) is 21.8. The number of aliphatic hydroxyl groups is 1. The summed E-state index contributed by atoms with van der Waals surface area (Å²) in [6.07, 6.45) is -0.444. The largest absolute Gasteiger partial charge is 0.507 e. The third-order valence-electron chi connectivity index (χ3n) is 8.20. The van der Waals surface area contributed by atoms with Gasteiger partial charge in [0.1, 0.15) is 5.75 Å². The number of piperazine rings is 1. The van der Waals surface area contributed by atoms with Gasteiger partial charge in [-0.05, 0) is 29.3 Å². The smallest absolute Gasteiger partial charge is 0.265 e. The number of aromatic hydroxyl groups is 1. The highest BCUT2D eigenvalue weighted by molar-refractivity contribution is 6.11. The summed E-state index contributed by atoms with van der Waals surface area (Å²) in [5.74, 6) is -1.17. The summed E-state index contributed by atoms with van der Waals surface area (Å²) in [4.78, 5) is 33.2. The molecular formula is C34H33N3O4. The summed E-state index contributed by atoms with van der Waals surface area (Å²) in [6.45, 7) is 3.44. The van der Waals surface area contributed by atoms with Crippen LogP contribution < -0.4 is 4.90 Å². The molecule has 1 fully saturated rings. The number of benzene rings is 4. The second kappa shape index (κ2) is 11.3. The Morgan fingerprint density at radius 2 is 1.32 bits per heavy atom. The predicted octanol–water partition coefficient (Wildman–Crippen LogP) is 4.56. The second-order valence-electron chi connectivity index (χ2n) is 10.7. The van der Waals surface area contributed by atoms with E-state index in [-0.39, 0.29) is 17.4 Å². The average molecular weight is 548 g/mol. The molecule has 6 rings (SSSR count). The van der Waals surface area contributed by atoms with Gasteiger partial charge in [-0.3, -0.25) is 24.3 Å². The number of Topliss-reactive ketones (excluding diaryl/α,β-unsaturated/α-hetero) is 1. The van der Waals surface area contributed by atoms with E-state index in [4.69, 9.17) is 0 Å². The Hall–Kier alpha value is -4.30. The molecule has 2 aliphatic rings. The highest BCUT2D eigenvalue weighted by Crippen LogP contribution is 2.43. The molecule has 2 aliphatic heterocycles. The van der Waals surface area contributed by atoms with Crippen LogP contribution >= 0.6 is 0 Å². The first kappa shape index (κ1) is 26.9. The van der Waals surface area contributed by atoms with Crippen LogP contribution in [0.3, 0.4) is 0 Å². The number of fused-ring (bicyclic) bond motifs is 1. The lowest BCUT2D eigenvalue weighted by atomic mass is 9.88. The number of carbonyl (C=O) groups excluding carboxylic acids is 2. The Bertz CT molecular complexity index is 1500. The first-order valence-electron chi connectivity index (χ1n) is 14.0. The topological polar surface area (TPSA) is 84.3 Å². The normalized spacial score (nSPS) is 19.5. The first-order valence-corrected chi connectivity index (χ1v) is 14.0. The monoisotopic (exact) mass is 547 g/mol. The highest BCUT2D eigenvalue weighted by atomic mass is 16.3. The zero-order valence-corrected chi connectivity index (χ0v) is 22.8. The van der Waals surface area contributed by atoms with Crippen LogP contribution in [0.1, 0.15) is 39.5 Å². The average Bonchev–Trinajstić information content (AvgIpc) is 3.21. The number of phenols is 1. The Morgan fingerprint density at radius 1 is 0.756 bits per heavy atom. The third-order valence-corrected chi connectivity index (χ3v) is 8.20. The zero-order chi connectivity index (χ0) is 28.4. The molecule has 7 heteroatoms. The molecule has 1 amide bonds. The molecule has 1 atom stereocenters. The molecule has 4 aromatic carbocycles. The summed E-state index contributed by atoms with van der Waals surface area (Å²) in [6, 6.07) is 34.5. The SMILES string of the molecule is O=C(CC1(O)C(=O)N(CN2CCN(C(c3ccccc3)c3ccccc3)CC2)c2ccccc21)c1ccccc1O. The fourth-order valence-electron chi connectivity index (χ4n) is 6.10. The van der Waals surface area contributed by atoms with Crippen LogP contribution in [0.2, 0.25) is 0 Å². The van der Waals surface area contributed by atoms with Crippen molar-refractivity contribution in [1.29, 1.82) is 0 Å². The van der Waals surface area contributed by atoms with Crippen LogP contribution in [-0.2, 0) is 10.4 Å². The number of anilines is 1. The molecule has 41 heavy (non-hydrogen) atoms. The van der Waals surface area contributed by atoms with Gasteiger partial charge in [0.05, 0.1) is 30.4 Å². The summed E-state index contributed by atoms with van der Waals surface area (Å²) >= 11 is 0. The molecule has 7 nitrogen and oxygen atoms in total. The Kier molecular flexibility index (Phi) is 7.41. The van der Waals surface area contributed by atoms with Crippen molar-refractivity contribution in [2.45, 2.75) is 18.1 Å². The van der Waals surface area contributed by atoms with E-state index in [9.17, 15) is 19.8 Å². The number of hydrogen-bond donors (Lipinski definition) is 2. The van der Waals surface area contributed by atoms with Crippen molar-refractivity contribution in [1.82, 2.24) is 9.80 Å². The molecule has 4 aromatic rings. The van der Waals surface area contributed by atoms with E-state index < -0.39 is 23.7 Å². The van der Waals surface area contributed by atoms with Crippen molar-refractivity contribution >= 4 is 17.4 Å². The van der Waals surface area contributed by atoms with Gasteiger partial charge in [-0.25, -0.2) is 0 Å². The van der Waals surface area contributed by atoms with E-state index in [1.54, 1.807) is 29.2 Å². The molecule has 0 saturated carbocycles. The van der Waals surface area contributed by atoms with Crippen molar-refractivity contribution in [3.8, 4) is 5.75 Å². The molecule has 1 unspecified atom stereocenters. The van der Waals surface area contributed by atoms with Crippen molar-refractivity contribution in [3.63, 3.8) is 0 Å². The van der Waals surface area contributed by atoms with Crippen LogP contribution in [0.15, 0.2) is 109 Å². The molecule has 0 spiro atoms. The summed E-state index contributed by atoms with van der Waals surface area (Å²) in [7, 11) is 0. The standard InChI is InChI=1S/C34H33N3O4/c38-30-18-10-7-15-27(30)31(39)23-34(41)28-16-8-9-17-29(28)37(33(34)40)24-35-19-21-36(22-20-35)32(25-11-3-1-4-12-25)26-13-5-2-6-14-26/h1-18,32,38,41H,19-24H2. The molecule has 2 heterocycles. The van der Waals surface area contributed by atoms with Crippen molar-refractivity contribution < 1.29 is 19.8 Å². The van der Waals surface area contributed by atoms with Gasteiger partial charge in [-0.1, -0.05) is 91.0 Å². The van der Waals surface area contributed by atoms with E-state index in [0.717, 1.165) is 26.2 Å². The molecule has 0 aromatic heterocycles. The predicted molar refractivity (Wildman–Crippen MR) is 158 cm³/mol. The van der Waals surface area contributed by atoms with Gasteiger partial charge in [0.2, 0.25) is 0 Å². The van der Waals surface area contributed by atoms with Gasteiger partial charge in [-0.2, -0.15) is 0 Å². The Balaban J connectivity index is 1.18. The number of nitrogens with zero attached hydrogens (tertiary/aromatic N) is 3. The van der Waals surface area contributed by atoms with E-state index in [2.05, 4.69) is 58.3 Å². The van der Waals surface area contributed by atoms with E-state index >= 15 is 0 Å². The number of carbonyl (C=O) groups is 2. The quantitative estimate of drug-likeness (QED) is 0.315. The maximum Gasteiger partial charge on any atom is 0.265 e. The maximum absolute atomic E-state index is 13.8. The fourth-order valence-corrected chi connectivity index (χ4v) is 6.10. The van der Waals surface area contributed by atoms with Crippen molar-refractivity contribution in [2.24, 2.45) is 0 Å². The summed E-state index contributed by atoms with van der Waals surface area (Å²) < 4.78 is 0. The lowest BCUT2D eigenvalue weighted by molar-refractivity contribution is -0.136. The van der Waals surface area contributed by atoms with Crippen LogP contribution in [0, 0.1) is 0 Å². The van der Waals surface area contributed by atoms with Gasteiger partial charge in [0.25, 0.3) is 5.91 Å². The zero-order valence-electron chi connectivity index (χ0n) is 22.8. The first-order chi connectivity index (χ1) is 20.0. The van der Waals surface area contributed by atoms with Crippen molar-refractivity contribution in [2.75, 3.05) is 37.7 Å². The van der Waals surface area contributed by atoms with Crippen LogP contribution in [0.4, 0.5) is 5.69 Å². The molecule has 0 radical (unpaired) electrons. The van der Waals surface area contributed by atoms with Crippen LogP contribution in [0.5, 0.6) is 5.75 Å². The van der Waals surface area contributed by atoms with Gasteiger partial charge < -0.3 is 10.2 Å². The molecule has 0 aliphatic carbocycles. The van der Waals surface area contributed by atoms with Crippen LogP contribution in [-0.4, -0.2) is 64.6 Å². The van der Waals surface area contributed by atoms with Gasteiger partial charge in [0.15, 0.2) is 11.4 Å². The minimum atomic E-state index is -2.00. The molecule has 1 saturated heterocycles. The highest BCUT2D eigenvalue weighted by Gasteiger charge is 2.51. The number of amides is 1. The molecule has 208 valence electrons. The Morgan fingerprint density at radius 3 is 1.95 bits per heavy atom. The molecule has 0 bridgehead atoms. The minimum Gasteiger partial charge on any atom is -0.507 e. The van der Waals surface area contributed by atoms with Crippen molar-refractivity contribution in [3.05, 3.63) is 131 Å².